The van der Waals surface area contributed by atoms with Crippen molar-refractivity contribution in [3.63, 3.8) is 0 Å². The van der Waals surface area contributed by atoms with E-state index >= 15 is 0 Å². The summed E-state index contributed by atoms with van der Waals surface area (Å²) in [7, 11) is -5.26. The Kier molecular flexibility index (Phi) is 6.67. The second kappa shape index (κ2) is 9.91. The number of phenols is 3. The number of allylic oxidation sites excluding steroid dienone is 1. The summed E-state index contributed by atoms with van der Waals surface area (Å²) in [6.07, 6.45) is 0. The van der Waals surface area contributed by atoms with Gasteiger partial charge < -0.3 is 19.5 Å². The van der Waals surface area contributed by atoms with Gasteiger partial charge in [-0.15, -0.1) is 0 Å². The van der Waals surface area contributed by atoms with Crippen LogP contribution in [0.5, 0.6) is 23.0 Å². The SMILES string of the molecule is [N-]=[N+]=NC1=C(S(=O)(=O)Oc2cccc(C(=O)c3ccc(O)cc3O)c2O)c2c(N=[N+]=[N-])cccc2C(=O)C1=O. The zero-order chi connectivity index (χ0) is 28.5. The minimum absolute atomic E-state index is 0.346. The van der Waals surface area contributed by atoms with Gasteiger partial charge in [-0.25, -0.2) is 0 Å². The Balaban J connectivity index is 1.90. The first kappa shape index (κ1) is 26.2. The van der Waals surface area contributed by atoms with E-state index in [2.05, 4.69) is 20.1 Å². The summed E-state index contributed by atoms with van der Waals surface area (Å²) in [5.74, 6) is -6.50. The van der Waals surface area contributed by atoms with Crippen molar-refractivity contribution in [3.05, 3.63) is 103 Å². The molecule has 0 fully saturated rings. The predicted molar refractivity (Wildman–Crippen MR) is 132 cm³/mol. The van der Waals surface area contributed by atoms with Crippen LogP contribution in [0.1, 0.15) is 31.8 Å². The number of aromatic hydroxyl groups is 3. The number of azide groups is 2. The van der Waals surface area contributed by atoms with Crippen LogP contribution in [0.3, 0.4) is 0 Å². The van der Waals surface area contributed by atoms with Crippen LogP contribution in [0, 0.1) is 0 Å². The smallest absolute Gasteiger partial charge is 0.340 e. The normalized spacial score (nSPS) is 12.7. The Morgan fingerprint density at radius 2 is 1.56 bits per heavy atom. The van der Waals surface area contributed by atoms with Gasteiger partial charge in [-0.05, 0) is 35.3 Å². The molecule has 1 aliphatic carbocycles. The first-order chi connectivity index (χ1) is 18.5. The van der Waals surface area contributed by atoms with Crippen LogP contribution in [0.15, 0.2) is 70.5 Å². The summed E-state index contributed by atoms with van der Waals surface area (Å²) in [4.78, 5) is 42.0. The fraction of sp³-hybridized carbons (Fsp3) is 0. The van der Waals surface area contributed by atoms with E-state index < -0.39 is 77.7 Å². The van der Waals surface area contributed by atoms with E-state index in [1.54, 1.807) is 0 Å². The first-order valence-corrected chi connectivity index (χ1v) is 11.8. The number of nitrogens with zero attached hydrogens (tertiary/aromatic N) is 6. The van der Waals surface area contributed by atoms with Crippen molar-refractivity contribution in [2.24, 2.45) is 10.2 Å². The fourth-order valence-corrected chi connectivity index (χ4v) is 5.01. The summed E-state index contributed by atoms with van der Waals surface area (Å²) in [5, 5.41) is 36.5. The third-order valence-electron chi connectivity index (χ3n) is 5.37. The van der Waals surface area contributed by atoms with E-state index in [1.807, 2.05) is 0 Å². The number of para-hydroxylation sites is 1. The molecule has 0 atom stereocenters. The zero-order valence-electron chi connectivity index (χ0n) is 19.1. The maximum Gasteiger partial charge on any atom is 0.340 e. The van der Waals surface area contributed by atoms with Crippen LogP contribution >= 0.6 is 0 Å². The van der Waals surface area contributed by atoms with Crippen LogP contribution < -0.4 is 4.18 Å². The third kappa shape index (κ3) is 4.56. The molecule has 0 saturated carbocycles. The van der Waals surface area contributed by atoms with Crippen LogP contribution in [0.25, 0.3) is 25.8 Å². The lowest BCUT2D eigenvalue weighted by molar-refractivity contribution is -0.111. The van der Waals surface area contributed by atoms with Crippen molar-refractivity contribution in [3.8, 4) is 23.0 Å². The molecule has 16 heteroatoms. The molecule has 15 nitrogen and oxygen atoms in total. The third-order valence-corrected chi connectivity index (χ3v) is 6.66. The molecule has 0 radical (unpaired) electrons. The molecule has 194 valence electrons. The summed E-state index contributed by atoms with van der Waals surface area (Å²) in [5.41, 5.74) is 14.3. The lowest BCUT2D eigenvalue weighted by Crippen LogP contribution is -2.27. The van der Waals surface area contributed by atoms with Crippen molar-refractivity contribution in [1.82, 2.24) is 0 Å². The molecule has 0 unspecified atom stereocenters. The Hall–Kier alpha value is -5.82. The van der Waals surface area contributed by atoms with Crippen molar-refractivity contribution >= 4 is 38.1 Å². The lowest BCUT2D eigenvalue weighted by Gasteiger charge is -2.21. The van der Waals surface area contributed by atoms with E-state index in [0.717, 1.165) is 48.5 Å². The number of benzene rings is 3. The van der Waals surface area contributed by atoms with E-state index in [-0.39, 0.29) is 11.3 Å². The number of rotatable bonds is 7. The summed E-state index contributed by atoms with van der Waals surface area (Å²) in [6, 6.07) is 9.63. The molecule has 3 N–H and O–H groups in total. The summed E-state index contributed by atoms with van der Waals surface area (Å²) in [6.45, 7) is 0. The lowest BCUT2D eigenvalue weighted by atomic mass is 9.92. The molecule has 3 aromatic carbocycles. The molecule has 0 aliphatic heterocycles. The van der Waals surface area contributed by atoms with Gasteiger partial charge in [0.15, 0.2) is 11.5 Å². The number of hydrogen-bond donors (Lipinski definition) is 3. The first-order valence-electron chi connectivity index (χ1n) is 10.4. The molecule has 3 aromatic rings. The van der Waals surface area contributed by atoms with Crippen LogP contribution in [-0.2, 0) is 14.9 Å². The molecular formula is C23H12N6O9S. The van der Waals surface area contributed by atoms with E-state index in [1.165, 1.54) is 6.07 Å². The van der Waals surface area contributed by atoms with Crippen molar-refractivity contribution in [2.75, 3.05) is 0 Å². The van der Waals surface area contributed by atoms with Gasteiger partial charge in [0.1, 0.15) is 22.1 Å². The Morgan fingerprint density at radius 1 is 0.872 bits per heavy atom. The Bertz CT molecular complexity index is 1850. The molecule has 4 rings (SSSR count). The maximum absolute atomic E-state index is 13.5. The highest BCUT2D eigenvalue weighted by atomic mass is 32.2. The highest BCUT2D eigenvalue weighted by Crippen LogP contribution is 2.42. The average Bonchev–Trinajstić information content (AvgIpc) is 2.88. The number of phenolic OH excluding ortho intramolecular Hbond substituents is 3. The van der Waals surface area contributed by atoms with Crippen LogP contribution in [-0.4, -0.2) is 41.1 Å². The largest absolute Gasteiger partial charge is 0.508 e. The Labute approximate surface area is 217 Å². The zero-order valence-corrected chi connectivity index (χ0v) is 19.9. The molecule has 0 amide bonds. The molecule has 0 saturated heterocycles. The fourth-order valence-electron chi connectivity index (χ4n) is 3.72. The molecule has 0 heterocycles. The number of Topliss-reactive ketones (excluding diaryl/α,β-unsaturated/α-hetero) is 2. The highest BCUT2D eigenvalue weighted by Gasteiger charge is 2.41. The number of hydrogen-bond acceptors (Lipinski definition) is 11. The minimum atomic E-state index is -5.26. The number of carbonyl (C=O) groups excluding carboxylic acids is 3. The van der Waals surface area contributed by atoms with E-state index in [4.69, 9.17) is 15.2 Å². The van der Waals surface area contributed by atoms with Gasteiger partial charge in [0.05, 0.1) is 11.1 Å². The van der Waals surface area contributed by atoms with Gasteiger partial charge in [0, 0.05) is 32.7 Å². The van der Waals surface area contributed by atoms with Gasteiger partial charge >= 0.3 is 10.1 Å². The molecule has 0 aromatic heterocycles. The minimum Gasteiger partial charge on any atom is -0.508 e. The summed E-state index contributed by atoms with van der Waals surface area (Å²) >= 11 is 0. The van der Waals surface area contributed by atoms with E-state index in [9.17, 15) is 38.1 Å². The standard InChI is InChI=1S/C23H12N6O9S/c24-28-26-14-5-1-3-12-17(14)23(18(27-29-25)22(35)21(12)34)39(36,37)38-16-6-2-4-13(20(16)33)19(32)11-8-7-10(30)9-15(11)31/h1-9,30-31,33H. The molecule has 39 heavy (non-hydrogen) atoms. The summed E-state index contributed by atoms with van der Waals surface area (Å²) < 4.78 is 32.0. The van der Waals surface area contributed by atoms with Gasteiger partial charge in [-0.3, -0.25) is 14.4 Å². The van der Waals surface area contributed by atoms with Crippen molar-refractivity contribution < 1.29 is 42.3 Å². The number of ketones is 3. The topological polar surface area (TPSA) is 253 Å². The van der Waals surface area contributed by atoms with E-state index in [0.29, 0.717) is 0 Å². The van der Waals surface area contributed by atoms with Gasteiger partial charge in [0.25, 0.3) is 0 Å². The molecular weight excluding hydrogens is 536 g/mol. The monoisotopic (exact) mass is 548 g/mol. The second-order valence-electron chi connectivity index (χ2n) is 7.63. The van der Waals surface area contributed by atoms with Crippen LogP contribution in [0.4, 0.5) is 5.69 Å². The van der Waals surface area contributed by atoms with Crippen molar-refractivity contribution in [1.29, 1.82) is 0 Å². The molecule has 0 spiro atoms. The Morgan fingerprint density at radius 3 is 2.23 bits per heavy atom. The average molecular weight is 548 g/mol. The molecule has 1 aliphatic rings. The maximum atomic E-state index is 13.5. The van der Waals surface area contributed by atoms with Gasteiger partial charge in [0.2, 0.25) is 17.3 Å². The number of carbonyl (C=O) groups is 3. The second-order valence-corrected chi connectivity index (χ2v) is 9.12. The molecule has 0 bridgehead atoms. The highest BCUT2D eigenvalue weighted by molar-refractivity contribution is 7.96. The quantitative estimate of drug-likeness (QED) is 0.0956. The predicted octanol–water partition coefficient (Wildman–Crippen LogP) is 4.13. The van der Waals surface area contributed by atoms with Crippen LogP contribution in [0.2, 0.25) is 0 Å². The van der Waals surface area contributed by atoms with Gasteiger partial charge in [-0.2, -0.15) is 8.42 Å². The van der Waals surface area contributed by atoms with Gasteiger partial charge in [-0.1, -0.05) is 34.5 Å². The number of fused-ring (bicyclic) bond motifs is 1. The van der Waals surface area contributed by atoms with Crippen molar-refractivity contribution in [2.45, 2.75) is 0 Å².